The lowest BCUT2D eigenvalue weighted by molar-refractivity contribution is -0.146. The highest BCUT2D eigenvalue weighted by atomic mass is 19.1. The minimum atomic E-state index is -1.01. The van der Waals surface area contributed by atoms with Gasteiger partial charge in [-0.1, -0.05) is 18.2 Å². The summed E-state index contributed by atoms with van der Waals surface area (Å²) in [4.78, 5) is 39.1. The Balaban J connectivity index is 1.59. The SMILES string of the molecule is O=CN1CCN(C(=O)C2(C(=O)NCc3ccccc3F)CC2)CC1. The minimum Gasteiger partial charge on any atom is -0.351 e. The molecule has 1 aromatic rings. The van der Waals surface area contributed by atoms with Crippen LogP contribution in [-0.2, 0) is 20.9 Å². The highest BCUT2D eigenvalue weighted by molar-refractivity contribution is 6.07. The lowest BCUT2D eigenvalue weighted by atomic mass is 10.0. The normalized spacial score (nSPS) is 18.9. The van der Waals surface area contributed by atoms with E-state index in [9.17, 15) is 18.8 Å². The topological polar surface area (TPSA) is 69.7 Å². The molecule has 1 saturated carbocycles. The standard InChI is InChI=1S/C17H20FN3O3/c18-14-4-2-1-3-13(14)11-19-15(23)17(5-6-17)16(24)21-9-7-20(12-22)8-10-21/h1-4,12H,5-11H2,(H,19,23). The van der Waals surface area contributed by atoms with Gasteiger partial charge in [-0.15, -0.1) is 0 Å². The maximum absolute atomic E-state index is 13.6. The summed E-state index contributed by atoms with van der Waals surface area (Å²) in [5, 5.41) is 2.69. The van der Waals surface area contributed by atoms with E-state index in [4.69, 9.17) is 0 Å². The molecule has 3 amide bonds. The number of amides is 3. The van der Waals surface area contributed by atoms with Crippen molar-refractivity contribution in [1.82, 2.24) is 15.1 Å². The zero-order chi connectivity index (χ0) is 17.2. The van der Waals surface area contributed by atoms with Crippen molar-refractivity contribution in [3.63, 3.8) is 0 Å². The Morgan fingerprint density at radius 3 is 2.42 bits per heavy atom. The van der Waals surface area contributed by atoms with Crippen molar-refractivity contribution in [2.75, 3.05) is 26.2 Å². The van der Waals surface area contributed by atoms with Crippen molar-refractivity contribution in [3.05, 3.63) is 35.6 Å². The average Bonchev–Trinajstić information content (AvgIpc) is 3.42. The van der Waals surface area contributed by atoms with Gasteiger partial charge in [-0.05, 0) is 18.9 Å². The minimum absolute atomic E-state index is 0.0689. The van der Waals surface area contributed by atoms with Crippen LogP contribution in [0.4, 0.5) is 4.39 Å². The molecule has 128 valence electrons. The Kier molecular flexibility index (Phi) is 4.51. The van der Waals surface area contributed by atoms with Crippen LogP contribution >= 0.6 is 0 Å². The van der Waals surface area contributed by atoms with E-state index in [1.807, 2.05) is 0 Å². The van der Waals surface area contributed by atoms with Crippen LogP contribution in [0.5, 0.6) is 0 Å². The van der Waals surface area contributed by atoms with Crippen LogP contribution in [0.3, 0.4) is 0 Å². The molecule has 1 aliphatic heterocycles. The molecule has 0 radical (unpaired) electrons. The lowest BCUT2D eigenvalue weighted by Crippen LogP contribution is -2.52. The summed E-state index contributed by atoms with van der Waals surface area (Å²) in [7, 11) is 0. The van der Waals surface area contributed by atoms with Gasteiger partial charge >= 0.3 is 0 Å². The summed E-state index contributed by atoms with van der Waals surface area (Å²) in [6.45, 7) is 1.93. The molecule has 2 aliphatic rings. The maximum atomic E-state index is 13.6. The summed E-state index contributed by atoms with van der Waals surface area (Å²) < 4.78 is 13.6. The highest BCUT2D eigenvalue weighted by Gasteiger charge is 2.58. The van der Waals surface area contributed by atoms with Crippen LogP contribution in [0.25, 0.3) is 0 Å². The molecule has 2 fully saturated rings. The molecule has 1 N–H and O–H groups in total. The molecule has 0 spiro atoms. The van der Waals surface area contributed by atoms with E-state index >= 15 is 0 Å². The summed E-state index contributed by atoms with van der Waals surface area (Å²) in [5.74, 6) is -0.897. The molecule has 24 heavy (non-hydrogen) atoms. The number of nitrogens with zero attached hydrogens (tertiary/aromatic N) is 2. The van der Waals surface area contributed by atoms with Crippen LogP contribution in [0.15, 0.2) is 24.3 Å². The maximum Gasteiger partial charge on any atom is 0.238 e. The smallest absolute Gasteiger partial charge is 0.238 e. The van der Waals surface area contributed by atoms with Gasteiger partial charge in [0.15, 0.2) is 0 Å². The first-order valence-corrected chi connectivity index (χ1v) is 8.07. The Labute approximate surface area is 139 Å². The summed E-state index contributed by atoms with van der Waals surface area (Å²) in [5.41, 5.74) is -0.608. The number of nitrogens with one attached hydrogen (secondary N) is 1. The van der Waals surface area contributed by atoms with Gasteiger partial charge in [0.05, 0.1) is 0 Å². The molecule has 0 unspecified atom stereocenters. The van der Waals surface area contributed by atoms with Crippen LogP contribution < -0.4 is 5.32 Å². The van der Waals surface area contributed by atoms with Crippen LogP contribution in [0.1, 0.15) is 18.4 Å². The predicted molar refractivity (Wildman–Crippen MR) is 84.1 cm³/mol. The molecule has 0 bridgehead atoms. The monoisotopic (exact) mass is 333 g/mol. The molecule has 3 rings (SSSR count). The predicted octanol–water partition coefficient (Wildman–Crippen LogP) is 0.523. The third-order valence-corrected chi connectivity index (χ3v) is 4.74. The summed E-state index contributed by atoms with van der Waals surface area (Å²) >= 11 is 0. The number of benzene rings is 1. The second kappa shape index (κ2) is 6.59. The van der Waals surface area contributed by atoms with Crippen molar-refractivity contribution in [3.8, 4) is 0 Å². The van der Waals surface area contributed by atoms with Crippen LogP contribution in [0.2, 0.25) is 0 Å². The molecule has 0 atom stereocenters. The summed E-state index contributed by atoms with van der Waals surface area (Å²) in [6.07, 6.45) is 1.81. The number of rotatable bonds is 5. The van der Waals surface area contributed by atoms with E-state index < -0.39 is 5.41 Å². The van der Waals surface area contributed by atoms with Crippen LogP contribution in [0, 0.1) is 11.2 Å². The van der Waals surface area contributed by atoms with Gasteiger partial charge in [0.1, 0.15) is 11.2 Å². The molecular weight excluding hydrogens is 313 g/mol. The number of carbonyl (C=O) groups is 3. The van der Waals surface area contributed by atoms with E-state index in [0.717, 1.165) is 6.41 Å². The third-order valence-electron chi connectivity index (χ3n) is 4.74. The average molecular weight is 333 g/mol. The van der Waals surface area contributed by atoms with Gasteiger partial charge in [-0.25, -0.2) is 4.39 Å². The quantitative estimate of drug-likeness (QED) is 0.631. The van der Waals surface area contributed by atoms with E-state index in [1.54, 1.807) is 28.0 Å². The first kappa shape index (κ1) is 16.4. The highest BCUT2D eigenvalue weighted by Crippen LogP contribution is 2.47. The zero-order valence-electron chi connectivity index (χ0n) is 13.3. The van der Waals surface area contributed by atoms with Gasteiger partial charge in [0.25, 0.3) is 0 Å². The second-order valence-electron chi connectivity index (χ2n) is 6.29. The Hall–Kier alpha value is -2.44. The van der Waals surface area contributed by atoms with Crippen molar-refractivity contribution in [1.29, 1.82) is 0 Å². The second-order valence-corrected chi connectivity index (χ2v) is 6.29. The van der Waals surface area contributed by atoms with E-state index in [1.165, 1.54) is 6.07 Å². The molecule has 0 aromatic heterocycles. The molecule has 1 saturated heterocycles. The van der Waals surface area contributed by atoms with Gasteiger partial charge in [-0.2, -0.15) is 0 Å². The third kappa shape index (κ3) is 3.11. The van der Waals surface area contributed by atoms with Crippen molar-refractivity contribution >= 4 is 18.2 Å². The van der Waals surface area contributed by atoms with Crippen molar-refractivity contribution in [2.24, 2.45) is 5.41 Å². The fourth-order valence-corrected chi connectivity index (χ4v) is 2.98. The zero-order valence-corrected chi connectivity index (χ0v) is 13.3. The molecule has 6 nitrogen and oxygen atoms in total. The van der Waals surface area contributed by atoms with Crippen LogP contribution in [-0.4, -0.2) is 54.2 Å². The van der Waals surface area contributed by atoms with Gasteiger partial charge in [0.2, 0.25) is 18.2 Å². The Bertz CT molecular complexity index is 652. The van der Waals surface area contributed by atoms with E-state index in [0.29, 0.717) is 44.6 Å². The first-order chi connectivity index (χ1) is 11.6. The fraction of sp³-hybridized carbons (Fsp3) is 0.471. The van der Waals surface area contributed by atoms with Crippen molar-refractivity contribution < 1.29 is 18.8 Å². The number of hydrogen-bond donors (Lipinski definition) is 1. The molecule has 1 heterocycles. The fourth-order valence-electron chi connectivity index (χ4n) is 2.98. The number of piperazine rings is 1. The lowest BCUT2D eigenvalue weighted by Gasteiger charge is -2.34. The summed E-state index contributed by atoms with van der Waals surface area (Å²) in [6, 6.07) is 6.24. The first-order valence-electron chi connectivity index (χ1n) is 8.07. The molecular formula is C17H20FN3O3. The largest absolute Gasteiger partial charge is 0.351 e. The molecule has 1 aromatic carbocycles. The number of halogens is 1. The van der Waals surface area contributed by atoms with Gasteiger partial charge < -0.3 is 15.1 Å². The Morgan fingerprint density at radius 2 is 1.83 bits per heavy atom. The number of hydrogen-bond acceptors (Lipinski definition) is 3. The Morgan fingerprint density at radius 1 is 1.17 bits per heavy atom. The van der Waals surface area contributed by atoms with Gasteiger partial charge in [-0.3, -0.25) is 14.4 Å². The van der Waals surface area contributed by atoms with Crippen molar-refractivity contribution in [2.45, 2.75) is 19.4 Å². The van der Waals surface area contributed by atoms with E-state index in [-0.39, 0.29) is 24.2 Å². The molecule has 1 aliphatic carbocycles. The van der Waals surface area contributed by atoms with Gasteiger partial charge in [0, 0.05) is 38.3 Å². The van der Waals surface area contributed by atoms with E-state index in [2.05, 4.69) is 5.32 Å². The molecule has 7 heteroatoms. The number of carbonyl (C=O) groups excluding carboxylic acids is 3.